The molecule has 0 fully saturated rings. The van der Waals surface area contributed by atoms with Gasteiger partial charge in [0.05, 0.1) is 0 Å². The summed E-state index contributed by atoms with van der Waals surface area (Å²) in [5, 5.41) is 0. The summed E-state index contributed by atoms with van der Waals surface area (Å²) in [6.45, 7) is 8.45. The molecule has 0 saturated heterocycles. The van der Waals surface area contributed by atoms with E-state index in [1.807, 2.05) is 12.4 Å². The zero-order valence-corrected chi connectivity index (χ0v) is 8.59. The minimum Gasteiger partial charge on any atom is -0.264 e. The van der Waals surface area contributed by atoms with Crippen LogP contribution in [0.1, 0.15) is 38.3 Å². The van der Waals surface area contributed by atoms with Gasteiger partial charge in [-0.3, -0.25) is 4.98 Å². The SMILES string of the molecule is CCC.CCc1cncc(C)c1. The van der Waals surface area contributed by atoms with Crippen LogP contribution in [-0.2, 0) is 6.42 Å². The van der Waals surface area contributed by atoms with Crippen molar-refractivity contribution < 1.29 is 0 Å². The van der Waals surface area contributed by atoms with Crippen LogP contribution in [0.25, 0.3) is 0 Å². The van der Waals surface area contributed by atoms with E-state index >= 15 is 0 Å². The highest BCUT2D eigenvalue weighted by atomic mass is 14.6. The summed E-state index contributed by atoms with van der Waals surface area (Å²) in [6, 6.07) is 2.16. The van der Waals surface area contributed by atoms with Gasteiger partial charge in [0.2, 0.25) is 0 Å². The average Bonchev–Trinajstić information content (AvgIpc) is 2.06. The molecule has 0 aliphatic rings. The molecule has 68 valence electrons. The normalized spacial score (nSPS) is 8.67. The molecule has 1 nitrogen and oxygen atoms in total. The van der Waals surface area contributed by atoms with Crippen LogP contribution < -0.4 is 0 Å². The minimum absolute atomic E-state index is 1.08. The largest absolute Gasteiger partial charge is 0.264 e. The molecule has 0 N–H and O–H groups in total. The Morgan fingerprint density at radius 2 is 1.75 bits per heavy atom. The first-order valence-corrected chi connectivity index (χ1v) is 4.65. The zero-order valence-electron chi connectivity index (χ0n) is 8.59. The van der Waals surface area contributed by atoms with Crippen LogP contribution in [0.2, 0.25) is 0 Å². The van der Waals surface area contributed by atoms with Gasteiger partial charge in [-0.05, 0) is 24.5 Å². The van der Waals surface area contributed by atoms with E-state index in [0.717, 1.165) is 6.42 Å². The van der Waals surface area contributed by atoms with Crippen molar-refractivity contribution in [2.75, 3.05) is 0 Å². The highest BCUT2D eigenvalue weighted by Gasteiger charge is 1.87. The first-order valence-electron chi connectivity index (χ1n) is 4.65. The van der Waals surface area contributed by atoms with Crippen molar-refractivity contribution in [3.63, 3.8) is 0 Å². The lowest BCUT2D eigenvalue weighted by Crippen LogP contribution is -1.82. The van der Waals surface area contributed by atoms with Gasteiger partial charge in [0, 0.05) is 12.4 Å². The topological polar surface area (TPSA) is 12.9 Å². The maximum Gasteiger partial charge on any atom is 0.0299 e. The Morgan fingerprint density at radius 3 is 2.08 bits per heavy atom. The molecule has 0 radical (unpaired) electrons. The minimum atomic E-state index is 1.08. The van der Waals surface area contributed by atoms with Crippen molar-refractivity contribution in [3.8, 4) is 0 Å². The molecule has 0 spiro atoms. The maximum atomic E-state index is 4.06. The number of pyridine rings is 1. The second kappa shape index (κ2) is 6.84. The fourth-order valence-corrected chi connectivity index (χ4v) is 0.811. The average molecular weight is 165 g/mol. The second-order valence-corrected chi connectivity index (χ2v) is 2.93. The molecule has 1 heteroatoms. The lowest BCUT2D eigenvalue weighted by Gasteiger charge is -1.94. The third-order valence-electron chi connectivity index (χ3n) is 1.34. The van der Waals surface area contributed by atoms with Gasteiger partial charge in [0.15, 0.2) is 0 Å². The summed E-state index contributed by atoms with van der Waals surface area (Å²) in [4.78, 5) is 4.06. The van der Waals surface area contributed by atoms with Crippen molar-refractivity contribution in [2.24, 2.45) is 0 Å². The van der Waals surface area contributed by atoms with E-state index in [-0.39, 0.29) is 0 Å². The zero-order chi connectivity index (χ0) is 9.40. The van der Waals surface area contributed by atoms with E-state index in [0.29, 0.717) is 0 Å². The Kier molecular flexibility index (Phi) is 6.35. The predicted molar refractivity (Wildman–Crippen MR) is 54.3 cm³/mol. The highest BCUT2D eigenvalue weighted by Crippen LogP contribution is 2.00. The van der Waals surface area contributed by atoms with Crippen LogP contribution in [0.3, 0.4) is 0 Å². The molecular weight excluding hydrogens is 146 g/mol. The van der Waals surface area contributed by atoms with Gasteiger partial charge >= 0.3 is 0 Å². The third-order valence-corrected chi connectivity index (χ3v) is 1.34. The summed E-state index contributed by atoms with van der Waals surface area (Å²) in [7, 11) is 0. The van der Waals surface area contributed by atoms with Crippen LogP contribution in [0.15, 0.2) is 18.5 Å². The van der Waals surface area contributed by atoms with E-state index in [1.54, 1.807) is 0 Å². The summed E-state index contributed by atoms with van der Waals surface area (Å²) in [5.41, 5.74) is 2.56. The lowest BCUT2D eigenvalue weighted by atomic mass is 10.2. The first-order chi connectivity index (χ1) is 5.74. The highest BCUT2D eigenvalue weighted by molar-refractivity contribution is 5.15. The molecule has 0 saturated carbocycles. The van der Waals surface area contributed by atoms with Gasteiger partial charge in [0.1, 0.15) is 0 Å². The van der Waals surface area contributed by atoms with Crippen LogP contribution in [0.4, 0.5) is 0 Å². The summed E-state index contributed by atoms with van der Waals surface area (Å²) < 4.78 is 0. The van der Waals surface area contributed by atoms with E-state index in [1.165, 1.54) is 17.5 Å². The molecule has 12 heavy (non-hydrogen) atoms. The number of nitrogens with zero attached hydrogens (tertiary/aromatic N) is 1. The number of hydrogen-bond donors (Lipinski definition) is 0. The number of hydrogen-bond acceptors (Lipinski definition) is 1. The second-order valence-electron chi connectivity index (χ2n) is 2.93. The molecule has 0 bridgehead atoms. The van der Waals surface area contributed by atoms with Crippen molar-refractivity contribution in [1.82, 2.24) is 4.98 Å². The molecule has 1 heterocycles. The summed E-state index contributed by atoms with van der Waals surface area (Å²) >= 11 is 0. The van der Waals surface area contributed by atoms with E-state index in [2.05, 4.69) is 38.7 Å². The molecule has 0 atom stereocenters. The Labute approximate surface area is 75.8 Å². The van der Waals surface area contributed by atoms with E-state index in [4.69, 9.17) is 0 Å². The van der Waals surface area contributed by atoms with E-state index < -0.39 is 0 Å². The quantitative estimate of drug-likeness (QED) is 0.621. The Morgan fingerprint density at radius 1 is 1.17 bits per heavy atom. The van der Waals surface area contributed by atoms with Gasteiger partial charge in [-0.15, -0.1) is 0 Å². The molecule has 0 aliphatic carbocycles. The lowest BCUT2D eigenvalue weighted by molar-refractivity contribution is 1.09. The molecule has 0 aromatic carbocycles. The maximum absolute atomic E-state index is 4.06. The van der Waals surface area contributed by atoms with Crippen molar-refractivity contribution in [2.45, 2.75) is 40.5 Å². The summed E-state index contributed by atoms with van der Waals surface area (Å²) in [6.07, 6.45) is 6.11. The number of rotatable bonds is 1. The van der Waals surface area contributed by atoms with E-state index in [9.17, 15) is 0 Å². The van der Waals surface area contributed by atoms with Crippen LogP contribution >= 0.6 is 0 Å². The fourth-order valence-electron chi connectivity index (χ4n) is 0.811. The van der Waals surface area contributed by atoms with Gasteiger partial charge in [-0.2, -0.15) is 0 Å². The predicted octanol–water partition coefficient (Wildman–Crippen LogP) is 3.37. The van der Waals surface area contributed by atoms with Gasteiger partial charge in [-0.25, -0.2) is 0 Å². The molecule has 1 rings (SSSR count). The standard InChI is InChI=1S/C8H11N.C3H8/c1-3-8-4-7(2)5-9-6-8;1-3-2/h4-6H,3H2,1-2H3;3H2,1-2H3. The van der Waals surface area contributed by atoms with Crippen LogP contribution in [-0.4, -0.2) is 4.98 Å². The molecule has 0 aliphatic heterocycles. The van der Waals surface area contributed by atoms with Crippen molar-refractivity contribution in [3.05, 3.63) is 29.6 Å². The summed E-state index contributed by atoms with van der Waals surface area (Å²) in [5.74, 6) is 0. The monoisotopic (exact) mass is 165 g/mol. The Hall–Kier alpha value is -0.850. The Bertz CT molecular complexity index is 206. The van der Waals surface area contributed by atoms with Crippen molar-refractivity contribution in [1.29, 1.82) is 0 Å². The fraction of sp³-hybridized carbons (Fsp3) is 0.545. The van der Waals surface area contributed by atoms with Gasteiger partial charge < -0.3 is 0 Å². The molecular formula is C11H19N. The molecule has 0 amide bonds. The van der Waals surface area contributed by atoms with Gasteiger partial charge in [-0.1, -0.05) is 33.3 Å². The number of aromatic nitrogens is 1. The van der Waals surface area contributed by atoms with Crippen LogP contribution in [0, 0.1) is 6.92 Å². The molecule has 1 aromatic heterocycles. The molecule has 1 aromatic rings. The smallest absolute Gasteiger partial charge is 0.0299 e. The third kappa shape index (κ3) is 4.89. The first kappa shape index (κ1) is 11.2. The van der Waals surface area contributed by atoms with Crippen molar-refractivity contribution >= 4 is 0 Å². The van der Waals surface area contributed by atoms with Gasteiger partial charge in [0.25, 0.3) is 0 Å². The van der Waals surface area contributed by atoms with Crippen LogP contribution in [0.5, 0.6) is 0 Å². The number of aryl methyl sites for hydroxylation is 2. The Balaban J connectivity index is 0.000000354. The molecule has 0 unspecified atom stereocenters.